The first-order chi connectivity index (χ1) is 11.4. The highest BCUT2D eigenvalue weighted by Crippen LogP contribution is 2.10. The van der Waals surface area contributed by atoms with Crippen LogP contribution in [0, 0.1) is 0 Å². The van der Waals surface area contributed by atoms with Gasteiger partial charge in [-0.05, 0) is 23.3 Å². The predicted molar refractivity (Wildman–Crippen MR) is 97.7 cm³/mol. The van der Waals surface area contributed by atoms with Crippen molar-refractivity contribution in [3.05, 3.63) is 65.7 Å². The van der Waals surface area contributed by atoms with Gasteiger partial charge < -0.3 is 10.2 Å². The number of hydrogen-bond donors (Lipinski definition) is 1. The molecule has 128 valence electrons. The molecule has 0 unspecified atom stereocenters. The minimum atomic E-state index is -3.16. The number of guanidine groups is 1. The molecule has 2 aromatic rings. The maximum absolute atomic E-state index is 11.5. The van der Waals surface area contributed by atoms with Gasteiger partial charge in [-0.3, -0.25) is 0 Å². The highest BCUT2D eigenvalue weighted by Gasteiger charge is 2.07. The van der Waals surface area contributed by atoms with E-state index in [2.05, 4.69) is 10.3 Å². The molecular weight excluding hydrogens is 322 g/mol. The van der Waals surface area contributed by atoms with Crippen LogP contribution in [-0.2, 0) is 22.9 Å². The summed E-state index contributed by atoms with van der Waals surface area (Å²) in [5.41, 5.74) is 2.15. The van der Waals surface area contributed by atoms with Gasteiger partial charge in [0, 0.05) is 26.9 Å². The van der Waals surface area contributed by atoms with Gasteiger partial charge in [-0.2, -0.15) is 0 Å². The van der Waals surface area contributed by atoms with Gasteiger partial charge in [0.2, 0.25) is 0 Å². The van der Waals surface area contributed by atoms with Crippen molar-refractivity contribution < 1.29 is 8.42 Å². The maximum atomic E-state index is 11.5. The van der Waals surface area contributed by atoms with Gasteiger partial charge in [0.25, 0.3) is 0 Å². The minimum absolute atomic E-state index is 0.330. The molecule has 0 saturated carbocycles. The standard InChI is InChI=1S/C18H23N3O2S/c1-21(2)18(19-13-15-7-5-4-6-8-15)20-14-16-9-11-17(12-10-16)24(3,22)23/h4-12H,13-14H2,1-3H3,(H,19,20). The molecule has 2 rings (SSSR count). The van der Waals surface area contributed by atoms with E-state index in [0.29, 0.717) is 18.0 Å². The number of nitrogens with zero attached hydrogens (tertiary/aromatic N) is 2. The van der Waals surface area contributed by atoms with Crippen LogP contribution in [0.5, 0.6) is 0 Å². The molecule has 0 saturated heterocycles. The lowest BCUT2D eigenvalue weighted by Gasteiger charge is -2.18. The predicted octanol–water partition coefficient (Wildman–Crippen LogP) is 2.30. The minimum Gasteiger partial charge on any atom is -0.352 e. The Kier molecular flexibility index (Phi) is 5.98. The van der Waals surface area contributed by atoms with E-state index in [1.807, 2.05) is 61.5 Å². The topological polar surface area (TPSA) is 61.8 Å². The van der Waals surface area contributed by atoms with Crippen molar-refractivity contribution in [1.82, 2.24) is 10.2 Å². The number of hydrogen-bond acceptors (Lipinski definition) is 3. The normalized spacial score (nSPS) is 12.0. The van der Waals surface area contributed by atoms with Crippen molar-refractivity contribution in [1.29, 1.82) is 0 Å². The van der Waals surface area contributed by atoms with Crippen LogP contribution in [0.4, 0.5) is 0 Å². The van der Waals surface area contributed by atoms with Crippen molar-refractivity contribution in [3.63, 3.8) is 0 Å². The molecule has 0 amide bonds. The molecule has 0 aliphatic heterocycles. The third kappa shape index (κ3) is 5.38. The van der Waals surface area contributed by atoms with E-state index in [4.69, 9.17) is 0 Å². The smallest absolute Gasteiger partial charge is 0.194 e. The van der Waals surface area contributed by atoms with Crippen LogP contribution >= 0.6 is 0 Å². The second-order valence-corrected chi connectivity index (χ2v) is 7.81. The summed E-state index contributed by atoms with van der Waals surface area (Å²) in [5, 5.41) is 3.29. The monoisotopic (exact) mass is 345 g/mol. The fraction of sp³-hybridized carbons (Fsp3) is 0.278. The Bertz CT molecular complexity index is 783. The molecule has 5 nitrogen and oxygen atoms in total. The Morgan fingerprint density at radius 1 is 1.00 bits per heavy atom. The van der Waals surface area contributed by atoms with E-state index >= 15 is 0 Å². The van der Waals surface area contributed by atoms with E-state index in [9.17, 15) is 8.42 Å². The van der Waals surface area contributed by atoms with Crippen LogP contribution in [-0.4, -0.2) is 39.6 Å². The highest BCUT2D eigenvalue weighted by atomic mass is 32.2. The van der Waals surface area contributed by atoms with Gasteiger partial charge in [-0.25, -0.2) is 13.4 Å². The third-order valence-electron chi connectivity index (χ3n) is 3.48. The Labute approximate surface area is 144 Å². The van der Waals surface area contributed by atoms with Gasteiger partial charge in [-0.1, -0.05) is 42.5 Å². The van der Waals surface area contributed by atoms with Crippen molar-refractivity contribution in [2.75, 3.05) is 20.4 Å². The first kappa shape index (κ1) is 18.0. The van der Waals surface area contributed by atoms with Crippen LogP contribution in [0.3, 0.4) is 0 Å². The van der Waals surface area contributed by atoms with Crippen LogP contribution in [0.15, 0.2) is 64.5 Å². The molecule has 24 heavy (non-hydrogen) atoms. The molecule has 0 fully saturated rings. The van der Waals surface area contributed by atoms with Gasteiger partial charge >= 0.3 is 0 Å². The highest BCUT2D eigenvalue weighted by molar-refractivity contribution is 7.90. The summed E-state index contributed by atoms with van der Waals surface area (Å²) in [4.78, 5) is 6.86. The number of sulfone groups is 1. The molecule has 0 aliphatic carbocycles. The van der Waals surface area contributed by atoms with Crippen LogP contribution in [0.1, 0.15) is 11.1 Å². The summed E-state index contributed by atoms with van der Waals surface area (Å²) >= 11 is 0. The van der Waals surface area contributed by atoms with E-state index in [-0.39, 0.29) is 0 Å². The number of nitrogens with one attached hydrogen (secondary N) is 1. The summed E-state index contributed by atoms with van der Waals surface area (Å²) < 4.78 is 23.0. The van der Waals surface area contributed by atoms with E-state index in [1.165, 1.54) is 6.26 Å². The van der Waals surface area contributed by atoms with Crippen molar-refractivity contribution in [2.24, 2.45) is 4.99 Å². The SMILES string of the molecule is CN(C)C(=NCc1ccccc1)NCc1ccc(S(C)(=O)=O)cc1. The lowest BCUT2D eigenvalue weighted by Crippen LogP contribution is -2.36. The van der Waals surface area contributed by atoms with E-state index < -0.39 is 9.84 Å². The van der Waals surface area contributed by atoms with Gasteiger partial charge in [0.05, 0.1) is 11.4 Å². The molecule has 0 heterocycles. The zero-order valence-electron chi connectivity index (χ0n) is 14.2. The van der Waals surface area contributed by atoms with Crippen LogP contribution < -0.4 is 5.32 Å². The molecule has 0 aliphatic rings. The first-order valence-electron chi connectivity index (χ1n) is 7.65. The second kappa shape index (κ2) is 7.97. The first-order valence-corrected chi connectivity index (χ1v) is 9.54. The Morgan fingerprint density at radius 2 is 1.62 bits per heavy atom. The fourth-order valence-electron chi connectivity index (χ4n) is 2.14. The molecule has 2 aromatic carbocycles. The van der Waals surface area contributed by atoms with Crippen molar-refractivity contribution in [3.8, 4) is 0 Å². The average molecular weight is 345 g/mol. The molecule has 0 bridgehead atoms. The number of aliphatic imine (C=N–C) groups is 1. The second-order valence-electron chi connectivity index (χ2n) is 5.79. The van der Waals surface area contributed by atoms with Gasteiger partial charge in [0.1, 0.15) is 0 Å². The van der Waals surface area contributed by atoms with Gasteiger partial charge in [0.15, 0.2) is 15.8 Å². The zero-order chi connectivity index (χ0) is 17.6. The third-order valence-corrected chi connectivity index (χ3v) is 4.61. The molecule has 1 N–H and O–H groups in total. The number of rotatable bonds is 5. The summed E-state index contributed by atoms with van der Waals surface area (Å²) in [6, 6.07) is 16.9. The summed E-state index contributed by atoms with van der Waals surface area (Å²) in [6.45, 7) is 1.18. The Hall–Kier alpha value is -2.34. The lowest BCUT2D eigenvalue weighted by atomic mass is 10.2. The summed E-state index contributed by atoms with van der Waals surface area (Å²) in [5.74, 6) is 0.783. The van der Waals surface area contributed by atoms with Crippen LogP contribution in [0.25, 0.3) is 0 Å². The molecular formula is C18H23N3O2S. The molecule has 6 heteroatoms. The molecule has 0 spiro atoms. The average Bonchev–Trinajstić information content (AvgIpc) is 2.55. The summed E-state index contributed by atoms with van der Waals surface area (Å²) in [7, 11) is 0.712. The Balaban J connectivity index is 2.01. The fourth-order valence-corrected chi connectivity index (χ4v) is 2.77. The summed E-state index contributed by atoms with van der Waals surface area (Å²) in [6.07, 6.45) is 1.21. The number of benzene rings is 2. The Morgan fingerprint density at radius 3 is 2.17 bits per heavy atom. The van der Waals surface area contributed by atoms with Crippen molar-refractivity contribution >= 4 is 15.8 Å². The van der Waals surface area contributed by atoms with Gasteiger partial charge in [-0.15, -0.1) is 0 Å². The van der Waals surface area contributed by atoms with Crippen molar-refractivity contribution in [2.45, 2.75) is 18.0 Å². The quantitative estimate of drug-likeness (QED) is 0.667. The lowest BCUT2D eigenvalue weighted by molar-refractivity contribution is 0.578. The zero-order valence-corrected chi connectivity index (χ0v) is 15.0. The maximum Gasteiger partial charge on any atom is 0.194 e. The molecule has 0 atom stereocenters. The largest absolute Gasteiger partial charge is 0.352 e. The molecule has 0 radical (unpaired) electrons. The van der Waals surface area contributed by atoms with E-state index in [0.717, 1.165) is 17.1 Å². The van der Waals surface area contributed by atoms with E-state index in [1.54, 1.807) is 12.1 Å². The molecule has 0 aromatic heterocycles. The van der Waals surface area contributed by atoms with Crippen LogP contribution in [0.2, 0.25) is 0 Å².